The molecule has 0 N–H and O–H groups in total. The number of nitrogens with zero attached hydrogens (tertiary/aromatic N) is 1. The van der Waals surface area contributed by atoms with Crippen LogP contribution in [0.1, 0.15) is 30.9 Å². The van der Waals surface area contributed by atoms with Gasteiger partial charge in [-0.1, -0.05) is 11.2 Å². The molecular weight excluding hydrogens is 373 g/mol. The predicted molar refractivity (Wildman–Crippen MR) is 105 cm³/mol. The summed E-state index contributed by atoms with van der Waals surface area (Å²) >= 11 is 0. The van der Waals surface area contributed by atoms with Crippen molar-refractivity contribution >= 4 is 33.3 Å². The predicted octanol–water partition coefficient (Wildman–Crippen LogP) is 5.32. The maximum atomic E-state index is 13.1. The largest absolute Gasteiger partial charge is 0.457 e. The molecule has 4 aromatic rings. The molecule has 144 valence electrons. The van der Waals surface area contributed by atoms with Crippen molar-refractivity contribution in [3.05, 3.63) is 66.1 Å². The maximum Gasteiger partial charge on any atom is 0.167 e. The highest BCUT2D eigenvalue weighted by atomic mass is 19.1. The van der Waals surface area contributed by atoms with Crippen LogP contribution in [0.3, 0.4) is 0 Å². The quantitative estimate of drug-likeness (QED) is 0.444. The summed E-state index contributed by atoms with van der Waals surface area (Å²) in [5.74, 6) is 0.277. The van der Waals surface area contributed by atoms with E-state index in [1.54, 1.807) is 12.1 Å². The lowest BCUT2D eigenvalue weighted by molar-refractivity contribution is -0.130. The van der Waals surface area contributed by atoms with Crippen molar-refractivity contribution in [1.29, 1.82) is 0 Å². The van der Waals surface area contributed by atoms with Crippen LogP contribution in [0.5, 0.6) is 11.5 Å². The second kappa shape index (κ2) is 6.81. The fraction of sp³-hybridized carbons (Fsp3) is 0.174. The van der Waals surface area contributed by atoms with Crippen LogP contribution in [-0.4, -0.2) is 16.7 Å². The number of carbonyl (C=O) groups excluding carboxylic acids is 2. The Kier molecular flexibility index (Phi) is 4.12. The Morgan fingerprint density at radius 1 is 1.00 bits per heavy atom. The molecule has 0 radical (unpaired) electrons. The summed E-state index contributed by atoms with van der Waals surface area (Å²) in [6.45, 7) is 0. The van der Waals surface area contributed by atoms with Crippen LogP contribution >= 0.6 is 0 Å². The third-order valence-electron chi connectivity index (χ3n) is 5.30. The van der Waals surface area contributed by atoms with Gasteiger partial charge in [0.15, 0.2) is 5.58 Å². The smallest absolute Gasteiger partial charge is 0.167 e. The second-order valence-electron chi connectivity index (χ2n) is 7.22. The van der Waals surface area contributed by atoms with Crippen molar-refractivity contribution in [3.63, 3.8) is 0 Å². The Morgan fingerprint density at radius 2 is 1.79 bits per heavy atom. The molecule has 3 aromatic carbocycles. The van der Waals surface area contributed by atoms with E-state index in [0.717, 1.165) is 16.2 Å². The van der Waals surface area contributed by atoms with E-state index in [2.05, 4.69) is 5.16 Å². The molecule has 1 aromatic heterocycles. The summed E-state index contributed by atoms with van der Waals surface area (Å²) in [5, 5.41) is 6.77. The van der Waals surface area contributed by atoms with E-state index in [4.69, 9.17) is 9.26 Å². The van der Waals surface area contributed by atoms with E-state index in [-0.39, 0.29) is 23.8 Å². The van der Waals surface area contributed by atoms with Crippen LogP contribution in [0, 0.1) is 5.82 Å². The van der Waals surface area contributed by atoms with Crippen LogP contribution < -0.4 is 4.74 Å². The zero-order valence-electron chi connectivity index (χ0n) is 15.4. The van der Waals surface area contributed by atoms with E-state index in [9.17, 15) is 14.0 Å². The Balaban J connectivity index is 1.56. The number of benzene rings is 3. The lowest BCUT2D eigenvalue weighted by Crippen LogP contribution is -2.23. The van der Waals surface area contributed by atoms with Gasteiger partial charge in [0.2, 0.25) is 0 Å². The highest BCUT2D eigenvalue weighted by Gasteiger charge is 2.32. The number of ketones is 2. The van der Waals surface area contributed by atoms with E-state index in [1.807, 2.05) is 30.3 Å². The number of hydrogen-bond acceptors (Lipinski definition) is 5. The molecule has 0 unspecified atom stereocenters. The number of rotatable bonds is 3. The van der Waals surface area contributed by atoms with Gasteiger partial charge < -0.3 is 9.26 Å². The molecule has 1 aliphatic rings. The maximum absolute atomic E-state index is 13.1. The zero-order valence-corrected chi connectivity index (χ0v) is 15.4. The highest BCUT2D eigenvalue weighted by Crippen LogP contribution is 2.37. The zero-order chi connectivity index (χ0) is 20.0. The Labute approximate surface area is 165 Å². The summed E-state index contributed by atoms with van der Waals surface area (Å²) < 4.78 is 24.4. The third kappa shape index (κ3) is 3.16. The minimum Gasteiger partial charge on any atom is -0.457 e. The Hall–Kier alpha value is -3.54. The van der Waals surface area contributed by atoms with E-state index in [0.29, 0.717) is 35.6 Å². The molecule has 0 amide bonds. The van der Waals surface area contributed by atoms with Gasteiger partial charge in [0.25, 0.3) is 0 Å². The first-order valence-corrected chi connectivity index (χ1v) is 9.38. The minimum atomic E-state index is -0.422. The van der Waals surface area contributed by atoms with Gasteiger partial charge in [-0.25, -0.2) is 4.39 Å². The van der Waals surface area contributed by atoms with Gasteiger partial charge in [-0.05, 0) is 65.7 Å². The van der Waals surface area contributed by atoms with Crippen LogP contribution in [0.4, 0.5) is 4.39 Å². The van der Waals surface area contributed by atoms with Crippen LogP contribution in [0.15, 0.2) is 59.1 Å². The third-order valence-corrected chi connectivity index (χ3v) is 5.30. The Morgan fingerprint density at radius 3 is 2.59 bits per heavy atom. The van der Waals surface area contributed by atoms with Gasteiger partial charge in [-0.2, -0.15) is 0 Å². The number of aromatic nitrogens is 1. The Bertz CT molecular complexity index is 1260. The molecule has 0 bridgehead atoms. The molecule has 5 rings (SSSR count). The summed E-state index contributed by atoms with van der Waals surface area (Å²) in [6.07, 6.45) is 0.798. The molecule has 1 heterocycles. The first-order chi connectivity index (χ1) is 14.1. The number of fused-ring (bicyclic) bond motifs is 3. The molecule has 0 spiro atoms. The first-order valence-electron chi connectivity index (χ1n) is 9.38. The monoisotopic (exact) mass is 389 g/mol. The van der Waals surface area contributed by atoms with Crippen molar-refractivity contribution in [1.82, 2.24) is 5.16 Å². The van der Waals surface area contributed by atoms with Crippen LogP contribution in [0.2, 0.25) is 0 Å². The van der Waals surface area contributed by atoms with Crippen molar-refractivity contribution in [2.24, 2.45) is 0 Å². The van der Waals surface area contributed by atoms with Gasteiger partial charge in [0, 0.05) is 6.42 Å². The van der Waals surface area contributed by atoms with Crippen molar-refractivity contribution in [2.75, 3.05) is 0 Å². The van der Waals surface area contributed by atoms with Crippen molar-refractivity contribution < 1.29 is 23.2 Å². The number of hydrogen-bond donors (Lipinski definition) is 0. The summed E-state index contributed by atoms with van der Waals surface area (Å²) in [4.78, 5) is 24.0. The molecule has 0 saturated heterocycles. The van der Waals surface area contributed by atoms with Gasteiger partial charge in [0.1, 0.15) is 34.6 Å². The molecule has 1 aliphatic carbocycles. The minimum absolute atomic E-state index is 0.0218. The van der Waals surface area contributed by atoms with Gasteiger partial charge in [-0.3, -0.25) is 9.59 Å². The molecular formula is C23H16FNO4. The highest BCUT2D eigenvalue weighted by molar-refractivity contribution is 6.11. The molecule has 5 nitrogen and oxygen atoms in total. The normalized spacial score (nSPS) is 17.2. The van der Waals surface area contributed by atoms with Gasteiger partial charge in [0.05, 0.1) is 17.7 Å². The number of carbonyl (C=O) groups is 2. The van der Waals surface area contributed by atoms with Crippen molar-refractivity contribution in [3.8, 4) is 11.5 Å². The topological polar surface area (TPSA) is 69.4 Å². The fourth-order valence-corrected chi connectivity index (χ4v) is 3.87. The average molecular weight is 389 g/mol. The van der Waals surface area contributed by atoms with Crippen molar-refractivity contribution in [2.45, 2.75) is 25.2 Å². The van der Waals surface area contributed by atoms with Gasteiger partial charge in [-0.15, -0.1) is 0 Å². The first kappa shape index (κ1) is 17.6. The standard InChI is InChI=1S/C23H16FNO4/c24-14-2-5-16(6-3-14)28-17-7-9-18-13(11-17)1-10-21-22(18)23(25-29-21)19-8-4-15(26)12-20(19)27/h1-3,5-7,9-11,19H,4,8,12H2/t19-/m0/s1. The van der Waals surface area contributed by atoms with Crippen LogP contribution in [0.25, 0.3) is 21.7 Å². The molecule has 1 atom stereocenters. The number of ether oxygens (including phenoxy) is 1. The SMILES string of the molecule is O=C1CC[C@H](c2noc3ccc4cc(Oc5ccc(F)cc5)ccc4c23)C(=O)C1. The second-order valence-corrected chi connectivity index (χ2v) is 7.22. The summed E-state index contributed by atoms with van der Waals surface area (Å²) in [6, 6.07) is 15.1. The molecule has 1 fully saturated rings. The molecule has 1 saturated carbocycles. The summed E-state index contributed by atoms with van der Waals surface area (Å²) in [7, 11) is 0. The fourth-order valence-electron chi connectivity index (χ4n) is 3.87. The molecule has 0 aliphatic heterocycles. The summed E-state index contributed by atoms with van der Waals surface area (Å²) in [5.41, 5.74) is 1.19. The average Bonchev–Trinajstić information content (AvgIpc) is 3.14. The lowest BCUT2D eigenvalue weighted by Gasteiger charge is -2.18. The number of Topliss-reactive ketones (excluding diaryl/α,β-unsaturated/α-hetero) is 2. The van der Waals surface area contributed by atoms with Crippen LogP contribution in [-0.2, 0) is 9.59 Å². The number of halogens is 1. The lowest BCUT2D eigenvalue weighted by atomic mass is 9.83. The molecule has 29 heavy (non-hydrogen) atoms. The van der Waals surface area contributed by atoms with E-state index in [1.165, 1.54) is 12.1 Å². The van der Waals surface area contributed by atoms with E-state index >= 15 is 0 Å². The van der Waals surface area contributed by atoms with Gasteiger partial charge >= 0.3 is 0 Å². The van der Waals surface area contributed by atoms with E-state index < -0.39 is 5.92 Å². The molecule has 6 heteroatoms.